The van der Waals surface area contributed by atoms with Crippen LogP contribution in [0.1, 0.15) is 49.9 Å². The average Bonchev–Trinajstić information content (AvgIpc) is 3.01. The molecular weight excluding hydrogens is 321 g/mol. The van der Waals surface area contributed by atoms with E-state index in [4.69, 9.17) is 9.72 Å². The van der Waals surface area contributed by atoms with E-state index in [1.54, 1.807) is 23.7 Å². The molecular formula is C19H24FN3O2. The van der Waals surface area contributed by atoms with E-state index in [0.717, 1.165) is 43.0 Å². The molecule has 1 heterocycles. The maximum absolute atomic E-state index is 13.5. The van der Waals surface area contributed by atoms with Crippen molar-refractivity contribution in [3.05, 3.63) is 35.4 Å². The van der Waals surface area contributed by atoms with Crippen LogP contribution in [0.15, 0.2) is 18.2 Å². The molecule has 6 heteroatoms. The summed E-state index contributed by atoms with van der Waals surface area (Å²) in [5.41, 5.74) is 1.31. The second kappa shape index (κ2) is 7.33. The first-order valence-corrected chi connectivity index (χ1v) is 8.76. The molecule has 0 N–H and O–H groups in total. The van der Waals surface area contributed by atoms with Gasteiger partial charge in [0.2, 0.25) is 0 Å². The Kier molecular flexibility index (Phi) is 5.16. The zero-order valence-corrected chi connectivity index (χ0v) is 15.0. The molecule has 0 amide bonds. The van der Waals surface area contributed by atoms with E-state index < -0.39 is 0 Å². The van der Waals surface area contributed by atoms with Gasteiger partial charge in [-0.25, -0.2) is 14.1 Å². The van der Waals surface area contributed by atoms with E-state index in [1.165, 1.54) is 13.2 Å². The molecule has 5 nitrogen and oxygen atoms in total. The Morgan fingerprint density at radius 2 is 2.04 bits per heavy atom. The molecule has 1 aliphatic rings. The predicted molar refractivity (Wildman–Crippen MR) is 92.5 cm³/mol. The summed E-state index contributed by atoms with van der Waals surface area (Å²) in [5, 5.41) is 4.52. The van der Waals surface area contributed by atoms with Gasteiger partial charge in [0, 0.05) is 11.5 Å². The molecule has 3 rings (SSSR count). The van der Waals surface area contributed by atoms with Crippen LogP contribution in [0.25, 0.3) is 11.4 Å². The predicted octanol–water partition coefficient (Wildman–Crippen LogP) is 3.86. The number of nitrogens with zero attached hydrogens (tertiary/aromatic N) is 3. The quantitative estimate of drug-likeness (QED) is 0.790. The Labute approximate surface area is 147 Å². The summed E-state index contributed by atoms with van der Waals surface area (Å²) in [7, 11) is 1.37. The number of esters is 1. The molecule has 0 bridgehead atoms. The summed E-state index contributed by atoms with van der Waals surface area (Å²) in [6.45, 7) is 4.03. The van der Waals surface area contributed by atoms with Crippen molar-refractivity contribution in [2.45, 2.75) is 52.0 Å². The molecule has 0 atom stereocenters. The average molecular weight is 345 g/mol. The lowest BCUT2D eigenvalue weighted by atomic mass is 9.82. The molecule has 0 saturated heterocycles. The smallest absolute Gasteiger partial charge is 0.327 e. The molecule has 134 valence electrons. The highest BCUT2D eigenvalue weighted by Gasteiger charge is 2.26. The van der Waals surface area contributed by atoms with Crippen LogP contribution in [0.2, 0.25) is 0 Å². The largest absolute Gasteiger partial charge is 0.468 e. The highest BCUT2D eigenvalue weighted by Crippen LogP contribution is 2.35. The third kappa shape index (κ3) is 3.89. The van der Waals surface area contributed by atoms with Gasteiger partial charge in [0.25, 0.3) is 0 Å². The van der Waals surface area contributed by atoms with Crippen molar-refractivity contribution in [3.63, 3.8) is 0 Å². The van der Waals surface area contributed by atoms with Crippen molar-refractivity contribution in [1.82, 2.24) is 14.8 Å². The number of methoxy groups -OCH3 is 1. The van der Waals surface area contributed by atoms with Crippen molar-refractivity contribution >= 4 is 5.97 Å². The van der Waals surface area contributed by atoms with Gasteiger partial charge in [-0.15, -0.1) is 0 Å². The van der Waals surface area contributed by atoms with Crippen molar-refractivity contribution in [2.75, 3.05) is 7.11 Å². The van der Waals surface area contributed by atoms with Gasteiger partial charge in [-0.05, 0) is 49.4 Å². The summed E-state index contributed by atoms with van der Waals surface area (Å²) in [6.07, 6.45) is 4.40. The maximum atomic E-state index is 13.5. The van der Waals surface area contributed by atoms with E-state index in [1.807, 2.05) is 0 Å². The van der Waals surface area contributed by atoms with Crippen molar-refractivity contribution < 1.29 is 13.9 Å². The van der Waals surface area contributed by atoms with Crippen molar-refractivity contribution in [3.8, 4) is 11.4 Å². The minimum atomic E-state index is -0.350. The Bertz CT molecular complexity index is 764. The first kappa shape index (κ1) is 17.6. The third-order valence-corrected chi connectivity index (χ3v) is 5.00. The number of hydrogen-bond donors (Lipinski definition) is 0. The van der Waals surface area contributed by atoms with E-state index in [2.05, 4.69) is 12.0 Å². The highest BCUT2D eigenvalue weighted by atomic mass is 19.1. The second-order valence-electron chi connectivity index (χ2n) is 6.95. The molecule has 0 unspecified atom stereocenters. The van der Waals surface area contributed by atoms with Crippen LogP contribution >= 0.6 is 0 Å². The van der Waals surface area contributed by atoms with Gasteiger partial charge in [-0.1, -0.05) is 19.8 Å². The summed E-state index contributed by atoms with van der Waals surface area (Å²) in [5.74, 6) is 1.78. The van der Waals surface area contributed by atoms with Crippen molar-refractivity contribution in [1.29, 1.82) is 0 Å². The molecule has 1 aromatic heterocycles. The van der Waals surface area contributed by atoms with Crippen LogP contribution < -0.4 is 0 Å². The molecule has 0 radical (unpaired) electrons. The number of rotatable bonds is 4. The zero-order valence-electron chi connectivity index (χ0n) is 15.0. The first-order chi connectivity index (χ1) is 12.0. The Balaban J connectivity index is 1.95. The Hall–Kier alpha value is -2.24. The number of carbonyl (C=O) groups is 1. The normalized spacial score (nSPS) is 20.5. The molecule has 2 aromatic rings. The van der Waals surface area contributed by atoms with Crippen LogP contribution in [0.5, 0.6) is 0 Å². The lowest BCUT2D eigenvalue weighted by molar-refractivity contribution is -0.141. The molecule has 1 saturated carbocycles. The number of carbonyl (C=O) groups excluding carboxylic acids is 1. The third-order valence-electron chi connectivity index (χ3n) is 5.00. The van der Waals surface area contributed by atoms with E-state index >= 15 is 0 Å². The number of aryl methyl sites for hydroxylation is 1. The molecule has 0 spiro atoms. The monoisotopic (exact) mass is 345 g/mol. The second-order valence-corrected chi connectivity index (χ2v) is 6.95. The number of halogens is 1. The molecule has 1 aliphatic carbocycles. The van der Waals surface area contributed by atoms with E-state index in [9.17, 15) is 9.18 Å². The van der Waals surface area contributed by atoms with E-state index in [0.29, 0.717) is 17.3 Å². The SMILES string of the molecule is COC(=O)Cn1nc(-c2ccc(F)c(C)c2)nc1C1CCC(C)CC1. The Morgan fingerprint density at radius 1 is 1.32 bits per heavy atom. The number of benzene rings is 1. The van der Waals surface area contributed by atoms with Gasteiger partial charge in [0.1, 0.15) is 18.2 Å². The van der Waals surface area contributed by atoms with Gasteiger partial charge in [0.15, 0.2) is 5.82 Å². The highest BCUT2D eigenvalue weighted by molar-refractivity contribution is 5.69. The summed E-state index contributed by atoms with van der Waals surface area (Å²) < 4.78 is 20.0. The lowest BCUT2D eigenvalue weighted by Crippen LogP contribution is -2.20. The first-order valence-electron chi connectivity index (χ1n) is 8.76. The fourth-order valence-corrected chi connectivity index (χ4v) is 3.38. The minimum Gasteiger partial charge on any atom is -0.468 e. The van der Waals surface area contributed by atoms with Crippen LogP contribution in [0.3, 0.4) is 0 Å². The lowest BCUT2D eigenvalue weighted by Gasteiger charge is -2.25. The van der Waals surface area contributed by atoms with Crippen molar-refractivity contribution in [2.24, 2.45) is 5.92 Å². The number of aromatic nitrogens is 3. The summed E-state index contributed by atoms with van der Waals surface area (Å²) in [4.78, 5) is 16.5. The summed E-state index contributed by atoms with van der Waals surface area (Å²) >= 11 is 0. The fraction of sp³-hybridized carbons (Fsp3) is 0.526. The van der Waals surface area contributed by atoms with Crippen LogP contribution in [0, 0.1) is 18.7 Å². The molecule has 1 aromatic carbocycles. The number of hydrogen-bond acceptors (Lipinski definition) is 4. The molecule has 1 fully saturated rings. The van der Waals surface area contributed by atoms with Gasteiger partial charge >= 0.3 is 5.97 Å². The number of ether oxygens (including phenoxy) is 1. The standard InChI is InChI=1S/C19H24FN3O2/c1-12-4-6-14(7-5-12)19-21-18(22-23(19)11-17(24)25-3)15-8-9-16(20)13(2)10-15/h8-10,12,14H,4-7,11H2,1-3H3. The van der Waals surface area contributed by atoms with Crippen LogP contribution in [0.4, 0.5) is 4.39 Å². The fourth-order valence-electron chi connectivity index (χ4n) is 3.38. The van der Waals surface area contributed by atoms with E-state index in [-0.39, 0.29) is 18.3 Å². The van der Waals surface area contributed by atoms with Gasteiger partial charge in [-0.3, -0.25) is 4.79 Å². The van der Waals surface area contributed by atoms with Gasteiger partial charge in [-0.2, -0.15) is 5.10 Å². The molecule has 25 heavy (non-hydrogen) atoms. The maximum Gasteiger partial charge on any atom is 0.327 e. The topological polar surface area (TPSA) is 57.0 Å². The van der Waals surface area contributed by atoms with Crippen LogP contribution in [-0.2, 0) is 16.1 Å². The van der Waals surface area contributed by atoms with Gasteiger partial charge in [0.05, 0.1) is 7.11 Å². The zero-order chi connectivity index (χ0) is 18.0. The summed E-state index contributed by atoms with van der Waals surface area (Å²) in [6, 6.07) is 4.83. The minimum absolute atomic E-state index is 0.0467. The van der Waals surface area contributed by atoms with Crippen LogP contribution in [-0.4, -0.2) is 27.8 Å². The molecule has 0 aliphatic heterocycles. The van der Waals surface area contributed by atoms with Gasteiger partial charge < -0.3 is 4.74 Å². The Morgan fingerprint density at radius 3 is 2.68 bits per heavy atom.